The number of methoxy groups -OCH3 is 2. The number of para-hydroxylation sites is 2. The number of fused-ring (bicyclic) bond motifs is 1. The Labute approximate surface area is 171 Å². The molecule has 4 rings (SSSR count). The number of anilines is 1. The molecule has 29 heavy (non-hydrogen) atoms. The first-order valence-corrected chi connectivity index (χ1v) is 10.1. The standard InChI is InChI=1S/C23H27N3O3/c1-4-29-19-11-6-5-10-18(19)26-23-17(9-7-8-14-24-23)22(25-26)16-12-13-20(27-2)21(15-16)28-3/h5-6,10-13,15,24H,4,7-9,14H2,1-3H3. The van der Waals surface area contributed by atoms with Gasteiger partial charge in [-0.2, -0.15) is 5.10 Å². The summed E-state index contributed by atoms with van der Waals surface area (Å²) >= 11 is 0. The Hall–Kier alpha value is -3.15. The van der Waals surface area contributed by atoms with E-state index in [-0.39, 0.29) is 0 Å². The Morgan fingerprint density at radius 1 is 1.00 bits per heavy atom. The molecule has 2 aromatic carbocycles. The fourth-order valence-electron chi connectivity index (χ4n) is 3.80. The number of ether oxygens (including phenoxy) is 3. The molecule has 0 atom stereocenters. The summed E-state index contributed by atoms with van der Waals surface area (Å²) in [6.45, 7) is 3.53. The highest BCUT2D eigenvalue weighted by Gasteiger charge is 2.23. The maximum atomic E-state index is 5.87. The van der Waals surface area contributed by atoms with E-state index in [2.05, 4.69) is 5.32 Å². The van der Waals surface area contributed by atoms with E-state index in [1.807, 2.05) is 54.1 Å². The summed E-state index contributed by atoms with van der Waals surface area (Å²) in [4.78, 5) is 0. The largest absolute Gasteiger partial charge is 0.493 e. The van der Waals surface area contributed by atoms with E-state index in [0.717, 1.165) is 54.3 Å². The van der Waals surface area contributed by atoms with Crippen LogP contribution in [0.2, 0.25) is 0 Å². The predicted molar refractivity (Wildman–Crippen MR) is 115 cm³/mol. The number of hydrogen-bond acceptors (Lipinski definition) is 5. The van der Waals surface area contributed by atoms with Gasteiger partial charge in [0, 0.05) is 17.7 Å². The molecule has 1 aromatic heterocycles. The highest BCUT2D eigenvalue weighted by atomic mass is 16.5. The van der Waals surface area contributed by atoms with Crippen LogP contribution in [0, 0.1) is 0 Å². The lowest BCUT2D eigenvalue weighted by Gasteiger charge is -2.13. The number of benzene rings is 2. The zero-order chi connectivity index (χ0) is 20.2. The van der Waals surface area contributed by atoms with Crippen molar-refractivity contribution >= 4 is 5.82 Å². The molecule has 0 fully saturated rings. The molecule has 1 aliphatic rings. The Balaban J connectivity index is 1.89. The molecule has 0 amide bonds. The fourth-order valence-corrected chi connectivity index (χ4v) is 3.80. The van der Waals surface area contributed by atoms with Crippen LogP contribution in [-0.2, 0) is 6.42 Å². The van der Waals surface area contributed by atoms with Crippen LogP contribution >= 0.6 is 0 Å². The lowest BCUT2D eigenvalue weighted by Crippen LogP contribution is -2.08. The first kappa shape index (κ1) is 19.2. The van der Waals surface area contributed by atoms with Gasteiger partial charge in [-0.25, -0.2) is 4.68 Å². The Kier molecular flexibility index (Phi) is 5.60. The summed E-state index contributed by atoms with van der Waals surface area (Å²) < 4.78 is 18.8. The van der Waals surface area contributed by atoms with Crippen LogP contribution in [0.25, 0.3) is 16.9 Å². The molecule has 1 N–H and O–H groups in total. The van der Waals surface area contributed by atoms with Crippen LogP contribution in [0.1, 0.15) is 25.3 Å². The number of nitrogens with zero attached hydrogens (tertiary/aromatic N) is 2. The monoisotopic (exact) mass is 393 g/mol. The van der Waals surface area contributed by atoms with E-state index in [9.17, 15) is 0 Å². The maximum absolute atomic E-state index is 5.87. The lowest BCUT2D eigenvalue weighted by atomic mass is 10.0. The Morgan fingerprint density at radius 2 is 1.83 bits per heavy atom. The van der Waals surface area contributed by atoms with E-state index < -0.39 is 0 Å². The van der Waals surface area contributed by atoms with Crippen molar-refractivity contribution in [1.29, 1.82) is 0 Å². The molecule has 0 saturated carbocycles. The highest BCUT2D eigenvalue weighted by Crippen LogP contribution is 2.38. The second-order valence-electron chi connectivity index (χ2n) is 6.94. The normalized spacial score (nSPS) is 13.2. The van der Waals surface area contributed by atoms with Crippen molar-refractivity contribution in [3.8, 4) is 34.2 Å². The molecule has 0 saturated heterocycles. The first-order chi connectivity index (χ1) is 14.3. The average Bonchev–Trinajstić information content (AvgIpc) is 2.94. The van der Waals surface area contributed by atoms with Gasteiger partial charge in [-0.15, -0.1) is 0 Å². The van der Waals surface area contributed by atoms with Crippen LogP contribution in [0.4, 0.5) is 5.82 Å². The topological polar surface area (TPSA) is 57.5 Å². The quantitative estimate of drug-likeness (QED) is 0.658. The fraction of sp³-hybridized carbons (Fsp3) is 0.348. The van der Waals surface area contributed by atoms with Gasteiger partial charge in [0.15, 0.2) is 11.5 Å². The smallest absolute Gasteiger partial charge is 0.161 e. The maximum Gasteiger partial charge on any atom is 0.161 e. The molecule has 6 heteroatoms. The first-order valence-electron chi connectivity index (χ1n) is 10.1. The van der Waals surface area contributed by atoms with Crippen LogP contribution in [0.5, 0.6) is 17.2 Å². The number of nitrogens with one attached hydrogen (secondary N) is 1. The van der Waals surface area contributed by atoms with Gasteiger partial charge in [-0.1, -0.05) is 12.1 Å². The molecule has 0 unspecified atom stereocenters. The number of aromatic nitrogens is 2. The van der Waals surface area contributed by atoms with Gasteiger partial charge in [0.25, 0.3) is 0 Å². The van der Waals surface area contributed by atoms with E-state index >= 15 is 0 Å². The molecular weight excluding hydrogens is 366 g/mol. The summed E-state index contributed by atoms with van der Waals surface area (Å²) in [5, 5.41) is 8.62. The molecule has 6 nitrogen and oxygen atoms in total. The summed E-state index contributed by atoms with van der Waals surface area (Å²) in [7, 11) is 3.30. The number of rotatable bonds is 6. The zero-order valence-corrected chi connectivity index (χ0v) is 17.2. The molecule has 0 bridgehead atoms. The van der Waals surface area contributed by atoms with Crippen molar-refractivity contribution < 1.29 is 14.2 Å². The summed E-state index contributed by atoms with van der Waals surface area (Å²) in [6.07, 6.45) is 3.23. The summed E-state index contributed by atoms with van der Waals surface area (Å²) in [5.74, 6) is 3.27. The van der Waals surface area contributed by atoms with E-state index in [1.54, 1.807) is 14.2 Å². The summed E-state index contributed by atoms with van der Waals surface area (Å²) in [6, 6.07) is 14.0. The zero-order valence-electron chi connectivity index (χ0n) is 17.2. The minimum Gasteiger partial charge on any atom is -0.493 e. The van der Waals surface area contributed by atoms with Crippen molar-refractivity contribution in [2.24, 2.45) is 0 Å². The molecule has 3 aromatic rings. The average molecular weight is 393 g/mol. The predicted octanol–water partition coefficient (Wildman–Crippen LogP) is 4.70. The molecule has 0 spiro atoms. The van der Waals surface area contributed by atoms with E-state index in [4.69, 9.17) is 19.3 Å². The third-order valence-electron chi connectivity index (χ3n) is 5.18. The van der Waals surface area contributed by atoms with Crippen molar-refractivity contribution in [3.63, 3.8) is 0 Å². The SMILES string of the molecule is CCOc1ccccc1-n1nc(-c2ccc(OC)c(OC)c2)c2c1NCCCC2. The van der Waals surface area contributed by atoms with Gasteiger partial charge in [-0.05, 0) is 56.5 Å². The van der Waals surface area contributed by atoms with E-state index in [0.29, 0.717) is 18.1 Å². The van der Waals surface area contributed by atoms with Gasteiger partial charge < -0.3 is 19.5 Å². The van der Waals surface area contributed by atoms with Crippen molar-refractivity contribution in [3.05, 3.63) is 48.0 Å². The third kappa shape index (κ3) is 3.62. The van der Waals surface area contributed by atoms with Crippen LogP contribution in [0.15, 0.2) is 42.5 Å². The van der Waals surface area contributed by atoms with E-state index in [1.165, 1.54) is 5.56 Å². The summed E-state index contributed by atoms with van der Waals surface area (Å²) in [5.41, 5.74) is 4.13. The van der Waals surface area contributed by atoms with Gasteiger partial charge in [-0.3, -0.25) is 0 Å². The van der Waals surface area contributed by atoms with Crippen molar-refractivity contribution in [2.75, 3.05) is 32.7 Å². The highest BCUT2D eigenvalue weighted by molar-refractivity contribution is 5.73. The third-order valence-corrected chi connectivity index (χ3v) is 5.18. The van der Waals surface area contributed by atoms with Gasteiger partial charge in [0.05, 0.1) is 26.5 Å². The minimum atomic E-state index is 0.608. The Morgan fingerprint density at radius 3 is 2.62 bits per heavy atom. The second-order valence-corrected chi connectivity index (χ2v) is 6.94. The molecule has 1 aliphatic heterocycles. The minimum absolute atomic E-state index is 0.608. The van der Waals surface area contributed by atoms with Crippen LogP contribution < -0.4 is 19.5 Å². The number of hydrogen-bond donors (Lipinski definition) is 1. The van der Waals surface area contributed by atoms with Gasteiger partial charge >= 0.3 is 0 Å². The molecule has 0 aliphatic carbocycles. The Bertz CT molecular complexity index is 997. The molecular formula is C23H27N3O3. The second kappa shape index (κ2) is 8.47. The van der Waals surface area contributed by atoms with Crippen molar-refractivity contribution in [1.82, 2.24) is 9.78 Å². The van der Waals surface area contributed by atoms with Gasteiger partial charge in [0.1, 0.15) is 17.3 Å². The molecule has 2 heterocycles. The molecule has 152 valence electrons. The van der Waals surface area contributed by atoms with Crippen molar-refractivity contribution in [2.45, 2.75) is 26.2 Å². The van der Waals surface area contributed by atoms with Crippen LogP contribution in [-0.4, -0.2) is 37.2 Å². The van der Waals surface area contributed by atoms with Crippen LogP contribution in [0.3, 0.4) is 0 Å². The van der Waals surface area contributed by atoms with Gasteiger partial charge in [0.2, 0.25) is 0 Å². The molecule has 0 radical (unpaired) electrons. The lowest BCUT2D eigenvalue weighted by molar-refractivity contribution is 0.338.